The smallest absolute Gasteiger partial charge is 0.296 e. The molecule has 4 nitrogen and oxygen atoms in total. The summed E-state index contributed by atoms with van der Waals surface area (Å²) in [6, 6.07) is 3.07. The molecule has 1 aromatic rings. The van der Waals surface area contributed by atoms with E-state index >= 15 is 0 Å². The topological polar surface area (TPSA) is 49.4 Å². The lowest BCUT2D eigenvalue weighted by Crippen LogP contribution is -2.33. The van der Waals surface area contributed by atoms with Crippen molar-refractivity contribution in [3.8, 4) is 0 Å². The normalized spacial score (nSPS) is 18.9. The zero-order chi connectivity index (χ0) is 14.3. The molecule has 1 amide bonds. The number of carbonyl (C=O) groups is 2. The van der Waals surface area contributed by atoms with Crippen molar-refractivity contribution in [3.05, 3.63) is 23.5 Å². The van der Waals surface area contributed by atoms with Gasteiger partial charge in [-0.2, -0.15) is 0 Å². The first-order valence-electron chi connectivity index (χ1n) is 7.00. The third-order valence-corrected chi connectivity index (χ3v) is 4.29. The molecule has 5 heteroatoms. The van der Waals surface area contributed by atoms with Gasteiger partial charge in [-0.1, -0.05) is 19.3 Å². The number of carbonyl (C=O) groups excluding carboxylic acids is 2. The van der Waals surface area contributed by atoms with Gasteiger partial charge in [0.2, 0.25) is 0 Å². The summed E-state index contributed by atoms with van der Waals surface area (Å²) in [5.41, 5.74) is 0.998. The van der Waals surface area contributed by atoms with E-state index in [9.17, 15) is 14.0 Å². The third kappa shape index (κ3) is 2.07. The van der Waals surface area contributed by atoms with E-state index in [0.29, 0.717) is 17.4 Å². The molecule has 0 spiro atoms. The lowest BCUT2D eigenvalue weighted by molar-refractivity contribution is -0.112. The van der Waals surface area contributed by atoms with Crippen molar-refractivity contribution in [2.75, 3.05) is 17.3 Å². The summed E-state index contributed by atoms with van der Waals surface area (Å²) in [4.78, 5) is 24.8. The number of halogens is 1. The Kier molecular flexibility index (Phi) is 3.20. The van der Waals surface area contributed by atoms with Gasteiger partial charge in [-0.15, -0.1) is 0 Å². The molecule has 0 radical (unpaired) electrons. The highest BCUT2D eigenvalue weighted by molar-refractivity contribution is 6.51. The van der Waals surface area contributed by atoms with Gasteiger partial charge in [0.05, 0.1) is 16.9 Å². The highest BCUT2D eigenvalue weighted by atomic mass is 19.1. The van der Waals surface area contributed by atoms with Crippen molar-refractivity contribution in [2.24, 2.45) is 0 Å². The standard InChI is InChI=1S/C15H17FN2O2/c1-18(9-5-3-2-4-6-9)13-8-12-10(7-11(13)16)14(19)15(20)17-12/h7-9H,2-6H2,1H3,(H,17,19,20). The second kappa shape index (κ2) is 4.89. The average molecular weight is 276 g/mol. The minimum absolute atomic E-state index is 0.133. The molecule has 2 aliphatic rings. The summed E-state index contributed by atoms with van der Waals surface area (Å²) in [6.07, 6.45) is 5.67. The number of nitrogens with zero attached hydrogens (tertiary/aromatic N) is 1. The van der Waals surface area contributed by atoms with Crippen LogP contribution in [-0.2, 0) is 4.79 Å². The average Bonchev–Trinajstić information content (AvgIpc) is 2.74. The lowest BCUT2D eigenvalue weighted by atomic mass is 9.94. The third-order valence-electron chi connectivity index (χ3n) is 4.29. The summed E-state index contributed by atoms with van der Waals surface area (Å²) in [6.45, 7) is 0. The van der Waals surface area contributed by atoms with Crippen LogP contribution in [0.5, 0.6) is 0 Å². The van der Waals surface area contributed by atoms with Crippen molar-refractivity contribution in [3.63, 3.8) is 0 Å². The van der Waals surface area contributed by atoms with Gasteiger partial charge in [0.1, 0.15) is 5.82 Å². The Morgan fingerprint density at radius 1 is 1.20 bits per heavy atom. The number of benzene rings is 1. The number of rotatable bonds is 2. The zero-order valence-electron chi connectivity index (χ0n) is 11.4. The van der Waals surface area contributed by atoms with Gasteiger partial charge in [0, 0.05) is 13.1 Å². The van der Waals surface area contributed by atoms with Gasteiger partial charge >= 0.3 is 0 Å². The van der Waals surface area contributed by atoms with Gasteiger partial charge in [0.15, 0.2) is 0 Å². The van der Waals surface area contributed by atoms with Crippen LogP contribution in [0.3, 0.4) is 0 Å². The Labute approximate surface area is 117 Å². The van der Waals surface area contributed by atoms with E-state index in [0.717, 1.165) is 25.7 Å². The molecule has 1 aliphatic heterocycles. The molecule has 1 heterocycles. The number of ketones is 1. The molecule has 1 fully saturated rings. The minimum Gasteiger partial charge on any atom is -0.369 e. The van der Waals surface area contributed by atoms with Gasteiger partial charge in [-0.3, -0.25) is 9.59 Å². The monoisotopic (exact) mass is 276 g/mol. The highest BCUT2D eigenvalue weighted by Gasteiger charge is 2.31. The first-order chi connectivity index (χ1) is 9.58. The Morgan fingerprint density at radius 3 is 2.60 bits per heavy atom. The molecule has 0 atom stereocenters. The number of hydrogen-bond acceptors (Lipinski definition) is 3. The molecule has 1 saturated carbocycles. The fourth-order valence-corrected chi connectivity index (χ4v) is 3.09. The first kappa shape index (κ1) is 13.1. The molecular formula is C15H17FN2O2. The van der Waals surface area contributed by atoms with Crippen molar-refractivity contribution >= 4 is 23.1 Å². The fraction of sp³-hybridized carbons (Fsp3) is 0.467. The summed E-state index contributed by atoms with van der Waals surface area (Å²) in [5.74, 6) is -1.79. The van der Waals surface area contributed by atoms with Crippen LogP contribution in [0.15, 0.2) is 12.1 Å². The van der Waals surface area contributed by atoms with Gasteiger partial charge in [-0.25, -0.2) is 4.39 Å². The molecule has 0 bridgehead atoms. The number of amides is 1. The fourth-order valence-electron chi connectivity index (χ4n) is 3.09. The Hall–Kier alpha value is -1.91. The van der Waals surface area contributed by atoms with Crippen LogP contribution in [0.2, 0.25) is 0 Å². The second-order valence-corrected chi connectivity index (χ2v) is 5.54. The number of nitrogens with one attached hydrogen (secondary N) is 1. The van der Waals surface area contributed by atoms with E-state index < -0.39 is 17.5 Å². The SMILES string of the molecule is CN(c1cc2c(cc1F)C(=O)C(=O)N2)C1CCCCC1. The number of anilines is 2. The Balaban J connectivity index is 1.93. The molecular weight excluding hydrogens is 259 g/mol. The van der Waals surface area contributed by atoms with Gasteiger partial charge in [-0.05, 0) is 25.0 Å². The summed E-state index contributed by atoms with van der Waals surface area (Å²) in [5, 5.41) is 2.49. The van der Waals surface area contributed by atoms with Gasteiger partial charge in [0.25, 0.3) is 11.7 Å². The van der Waals surface area contributed by atoms with Crippen LogP contribution in [-0.4, -0.2) is 24.8 Å². The van der Waals surface area contributed by atoms with Crippen LogP contribution >= 0.6 is 0 Å². The molecule has 0 aromatic heterocycles. The predicted molar refractivity (Wildman–Crippen MR) is 74.6 cm³/mol. The van der Waals surface area contributed by atoms with Crippen LogP contribution in [0.25, 0.3) is 0 Å². The molecule has 3 rings (SSSR count). The Bertz CT molecular complexity index is 579. The quantitative estimate of drug-likeness (QED) is 0.845. The molecule has 1 aliphatic carbocycles. The second-order valence-electron chi connectivity index (χ2n) is 5.54. The largest absolute Gasteiger partial charge is 0.369 e. The van der Waals surface area contributed by atoms with Crippen molar-refractivity contribution in [2.45, 2.75) is 38.1 Å². The summed E-state index contributed by atoms with van der Waals surface area (Å²) < 4.78 is 14.2. The zero-order valence-corrected chi connectivity index (χ0v) is 11.4. The maximum Gasteiger partial charge on any atom is 0.296 e. The van der Waals surface area contributed by atoms with E-state index in [1.807, 2.05) is 11.9 Å². The molecule has 0 saturated heterocycles. The van der Waals surface area contributed by atoms with Crippen LogP contribution < -0.4 is 10.2 Å². The first-order valence-corrected chi connectivity index (χ1v) is 7.00. The number of hydrogen-bond donors (Lipinski definition) is 1. The maximum atomic E-state index is 14.2. The van der Waals surface area contributed by atoms with E-state index in [-0.39, 0.29) is 5.56 Å². The van der Waals surface area contributed by atoms with Gasteiger partial charge < -0.3 is 10.2 Å². The number of fused-ring (bicyclic) bond motifs is 1. The molecule has 1 N–H and O–H groups in total. The predicted octanol–water partition coefficient (Wildman–Crippen LogP) is 2.73. The lowest BCUT2D eigenvalue weighted by Gasteiger charge is -2.33. The molecule has 0 unspecified atom stereocenters. The van der Waals surface area contributed by atoms with Crippen LogP contribution in [0.1, 0.15) is 42.5 Å². The van der Waals surface area contributed by atoms with Crippen LogP contribution in [0, 0.1) is 5.82 Å². The number of Topliss-reactive ketones (excluding diaryl/α,β-unsaturated/α-hetero) is 1. The van der Waals surface area contributed by atoms with Crippen LogP contribution in [0.4, 0.5) is 15.8 Å². The van der Waals surface area contributed by atoms with E-state index in [2.05, 4.69) is 5.32 Å². The van der Waals surface area contributed by atoms with E-state index in [1.165, 1.54) is 12.5 Å². The van der Waals surface area contributed by atoms with Crippen molar-refractivity contribution in [1.29, 1.82) is 0 Å². The maximum absolute atomic E-state index is 14.2. The summed E-state index contributed by atoms with van der Waals surface area (Å²) >= 11 is 0. The molecule has 20 heavy (non-hydrogen) atoms. The summed E-state index contributed by atoms with van der Waals surface area (Å²) in [7, 11) is 1.87. The Morgan fingerprint density at radius 2 is 1.90 bits per heavy atom. The van der Waals surface area contributed by atoms with Crippen molar-refractivity contribution < 1.29 is 14.0 Å². The minimum atomic E-state index is -0.683. The highest BCUT2D eigenvalue weighted by Crippen LogP contribution is 2.33. The molecule has 1 aromatic carbocycles. The van der Waals surface area contributed by atoms with E-state index in [1.54, 1.807) is 6.07 Å². The van der Waals surface area contributed by atoms with Crippen molar-refractivity contribution in [1.82, 2.24) is 0 Å². The van der Waals surface area contributed by atoms with E-state index in [4.69, 9.17) is 0 Å². The molecule has 106 valence electrons.